The van der Waals surface area contributed by atoms with Crippen LogP contribution in [0.2, 0.25) is 0 Å². The molecule has 0 spiro atoms. The molecule has 3 heterocycles. The zero-order chi connectivity index (χ0) is 27.6. The number of anilines is 1. The average molecular weight is 516 g/mol. The lowest BCUT2D eigenvalue weighted by molar-refractivity contribution is 0.0805. The van der Waals surface area contributed by atoms with Gasteiger partial charge in [0.2, 0.25) is 5.95 Å². The number of rotatable bonds is 10. The molecule has 1 aromatic rings. The van der Waals surface area contributed by atoms with Gasteiger partial charge >= 0.3 is 0 Å². The number of hydrogen-bond donors (Lipinski definition) is 2. The number of nitrogens with one attached hydrogen (secondary N) is 2. The molecule has 0 aromatic carbocycles. The van der Waals surface area contributed by atoms with Gasteiger partial charge in [-0.15, -0.1) is 0 Å². The van der Waals surface area contributed by atoms with Crippen LogP contribution in [-0.2, 0) is 0 Å². The molecule has 37 heavy (non-hydrogen) atoms. The molecule has 2 saturated heterocycles. The summed E-state index contributed by atoms with van der Waals surface area (Å²) in [6.07, 6.45) is 9.57. The molecule has 3 rings (SSSR count). The largest absolute Gasteiger partial charge is 0.338 e. The lowest BCUT2D eigenvalue weighted by Crippen LogP contribution is -2.62. The molecule has 212 valence electrons. The minimum Gasteiger partial charge on any atom is -0.338 e. The molecule has 1 aromatic heterocycles. The molecule has 2 aliphatic rings. The minimum absolute atomic E-state index is 0.0874. The summed E-state index contributed by atoms with van der Waals surface area (Å²) in [5.74, 6) is 2.49. The van der Waals surface area contributed by atoms with Crippen LogP contribution >= 0.6 is 0 Å². The highest BCUT2D eigenvalue weighted by Crippen LogP contribution is 2.34. The summed E-state index contributed by atoms with van der Waals surface area (Å²) in [4.78, 5) is 19.1. The maximum atomic E-state index is 4.79. The molecule has 0 amide bonds. The first kappa shape index (κ1) is 30.2. The van der Waals surface area contributed by atoms with Gasteiger partial charge in [0, 0.05) is 40.8 Å². The lowest BCUT2D eigenvalue weighted by atomic mass is 9.79. The van der Waals surface area contributed by atoms with E-state index < -0.39 is 0 Å². The monoisotopic (exact) mass is 515 g/mol. The zero-order valence-corrected chi connectivity index (χ0v) is 26.0. The van der Waals surface area contributed by atoms with E-state index in [9.17, 15) is 0 Å². The van der Waals surface area contributed by atoms with Crippen LogP contribution in [0.5, 0.6) is 0 Å². The number of unbranched alkanes of at least 4 members (excludes halogenated alkanes) is 3. The van der Waals surface area contributed by atoms with Gasteiger partial charge in [0.25, 0.3) is 0 Å². The Kier molecular flexibility index (Phi) is 9.34. The van der Waals surface area contributed by atoms with Crippen molar-refractivity contribution in [3.05, 3.63) is 11.6 Å². The Morgan fingerprint density at radius 2 is 1.03 bits per heavy atom. The Labute approximate surface area is 228 Å². The molecule has 0 saturated carbocycles. The number of piperidine rings is 2. The van der Waals surface area contributed by atoms with Gasteiger partial charge in [-0.1, -0.05) is 12.8 Å². The first-order chi connectivity index (χ1) is 17.0. The van der Waals surface area contributed by atoms with E-state index in [1.807, 2.05) is 13.8 Å². The molecule has 2 fully saturated rings. The molecule has 7 heteroatoms. The summed E-state index contributed by atoms with van der Waals surface area (Å²) in [6.45, 7) is 24.8. The fraction of sp³-hybridized carbons (Fsp3) is 0.900. The third-order valence-corrected chi connectivity index (χ3v) is 8.17. The predicted molar refractivity (Wildman–Crippen MR) is 156 cm³/mol. The zero-order valence-electron chi connectivity index (χ0n) is 26.0. The highest BCUT2D eigenvalue weighted by Gasteiger charge is 2.41. The number of aryl methyl sites for hydroxylation is 2. The van der Waals surface area contributed by atoms with Crippen LogP contribution in [0, 0.1) is 13.8 Å². The van der Waals surface area contributed by atoms with Crippen LogP contribution in [0.15, 0.2) is 0 Å². The van der Waals surface area contributed by atoms with Gasteiger partial charge in [-0.05, 0) is 121 Å². The predicted octanol–water partition coefficient (Wildman–Crippen LogP) is 5.41. The van der Waals surface area contributed by atoms with Crippen molar-refractivity contribution in [1.82, 2.24) is 30.5 Å². The summed E-state index contributed by atoms with van der Waals surface area (Å²) < 4.78 is 0. The Bertz CT molecular complexity index is 840. The molecular formula is C30H57N7. The summed E-state index contributed by atoms with van der Waals surface area (Å²) in [7, 11) is 2.33. The summed E-state index contributed by atoms with van der Waals surface area (Å²) >= 11 is 0. The van der Waals surface area contributed by atoms with Crippen LogP contribution in [0.25, 0.3) is 0 Å². The maximum absolute atomic E-state index is 4.79. The highest BCUT2D eigenvalue weighted by molar-refractivity contribution is 5.33. The van der Waals surface area contributed by atoms with Crippen molar-refractivity contribution in [2.75, 3.05) is 25.0 Å². The van der Waals surface area contributed by atoms with E-state index in [4.69, 9.17) is 9.97 Å². The second-order valence-corrected chi connectivity index (χ2v) is 14.7. The molecule has 0 unspecified atom stereocenters. The molecular weight excluding hydrogens is 458 g/mol. The number of nitrogens with zero attached hydrogens (tertiary/aromatic N) is 5. The molecule has 7 nitrogen and oxygen atoms in total. The van der Waals surface area contributed by atoms with Gasteiger partial charge in [0.15, 0.2) is 0 Å². The van der Waals surface area contributed by atoms with Gasteiger partial charge in [-0.2, -0.15) is 9.97 Å². The van der Waals surface area contributed by atoms with E-state index in [0.717, 1.165) is 37.0 Å². The summed E-state index contributed by atoms with van der Waals surface area (Å²) in [6, 6.07) is 1.08. The summed E-state index contributed by atoms with van der Waals surface area (Å²) in [5, 5.41) is 7.65. The van der Waals surface area contributed by atoms with Gasteiger partial charge in [0.1, 0.15) is 11.6 Å². The third kappa shape index (κ3) is 9.14. The maximum Gasteiger partial charge on any atom is 0.229 e. The number of aromatic nitrogens is 3. The van der Waals surface area contributed by atoms with E-state index in [0.29, 0.717) is 12.1 Å². The SMILES string of the molecule is Cc1nc(C)nc(N(CCCCCCN(C)C2CC(C)(C)NC(C)(C)C2)C2CC(C)(C)NC(C)(C)C2)n1. The van der Waals surface area contributed by atoms with E-state index in [1.54, 1.807) is 0 Å². The highest BCUT2D eigenvalue weighted by atomic mass is 15.3. The van der Waals surface area contributed by atoms with Crippen LogP contribution in [0.1, 0.15) is 118 Å². The number of hydrogen-bond acceptors (Lipinski definition) is 7. The molecule has 2 N–H and O–H groups in total. The van der Waals surface area contributed by atoms with Crippen molar-refractivity contribution in [1.29, 1.82) is 0 Å². The molecule has 2 aliphatic heterocycles. The lowest BCUT2D eigenvalue weighted by Gasteiger charge is -2.49. The first-order valence-corrected chi connectivity index (χ1v) is 14.7. The standard InChI is InChI=1S/C30H57N7/c1-22-31-23(2)33-26(32-22)37(25-20-29(7,8)35-30(9,10)21-25)17-15-13-12-14-16-36(11)24-18-27(3,4)34-28(5,6)19-24/h24-25,34-35H,12-21H2,1-11H3. The Balaban J connectivity index is 1.55. The Hall–Kier alpha value is -1.31. The second-order valence-electron chi connectivity index (χ2n) is 14.7. The molecule has 0 aliphatic carbocycles. The molecule has 0 bridgehead atoms. The summed E-state index contributed by atoms with van der Waals surface area (Å²) in [5.41, 5.74) is 0.579. The second kappa shape index (κ2) is 11.4. The Morgan fingerprint density at radius 3 is 1.49 bits per heavy atom. The van der Waals surface area contributed by atoms with Gasteiger partial charge < -0.3 is 20.4 Å². The van der Waals surface area contributed by atoms with E-state index in [2.05, 4.69) is 87.9 Å². The molecule has 0 atom stereocenters. The fourth-order valence-electron chi connectivity index (χ4n) is 7.42. The van der Waals surface area contributed by atoms with Crippen molar-refractivity contribution < 1.29 is 0 Å². The topological polar surface area (TPSA) is 69.2 Å². The average Bonchev–Trinajstić information content (AvgIpc) is 2.67. The van der Waals surface area contributed by atoms with Crippen LogP contribution in [0.3, 0.4) is 0 Å². The first-order valence-electron chi connectivity index (χ1n) is 14.7. The normalized spacial score (nSPS) is 23.4. The van der Waals surface area contributed by atoms with Gasteiger partial charge in [0.05, 0.1) is 0 Å². The fourth-order valence-corrected chi connectivity index (χ4v) is 7.42. The van der Waals surface area contributed by atoms with Crippen molar-refractivity contribution in [2.24, 2.45) is 0 Å². The smallest absolute Gasteiger partial charge is 0.229 e. The van der Waals surface area contributed by atoms with Crippen molar-refractivity contribution in [3.8, 4) is 0 Å². The van der Waals surface area contributed by atoms with Gasteiger partial charge in [-0.25, -0.2) is 4.98 Å². The third-order valence-electron chi connectivity index (χ3n) is 8.17. The van der Waals surface area contributed by atoms with E-state index >= 15 is 0 Å². The van der Waals surface area contributed by atoms with Crippen LogP contribution < -0.4 is 15.5 Å². The van der Waals surface area contributed by atoms with Crippen LogP contribution in [0.4, 0.5) is 5.95 Å². The Morgan fingerprint density at radius 1 is 0.622 bits per heavy atom. The van der Waals surface area contributed by atoms with Crippen molar-refractivity contribution in [2.45, 2.75) is 155 Å². The van der Waals surface area contributed by atoms with Crippen molar-refractivity contribution in [3.63, 3.8) is 0 Å². The van der Waals surface area contributed by atoms with Crippen molar-refractivity contribution >= 4 is 5.95 Å². The van der Waals surface area contributed by atoms with E-state index in [-0.39, 0.29) is 22.2 Å². The minimum atomic E-state index is 0.0874. The van der Waals surface area contributed by atoms with E-state index in [1.165, 1.54) is 45.1 Å². The van der Waals surface area contributed by atoms with Crippen LogP contribution in [-0.4, -0.2) is 74.2 Å². The molecule has 0 radical (unpaired) electrons. The quantitative estimate of drug-likeness (QED) is 0.404. The van der Waals surface area contributed by atoms with Gasteiger partial charge in [-0.3, -0.25) is 0 Å².